The fraction of sp³-hybridized carbons (Fsp3) is 0.208. The molecule has 2 atom stereocenters. The molecule has 33 heavy (non-hydrogen) atoms. The molecule has 0 aliphatic heterocycles. The molecule has 0 saturated heterocycles. The highest BCUT2D eigenvalue weighted by atomic mass is 79.9. The van der Waals surface area contributed by atoms with E-state index in [1.807, 2.05) is 13.0 Å². The molecular weight excluding hydrogens is 574 g/mol. The summed E-state index contributed by atoms with van der Waals surface area (Å²) in [5.41, 5.74) is 1.90. The van der Waals surface area contributed by atoms with Crippen LogP contribution in [0.1, 0.15) is 27.5 Å². The molecule has 0 aliphatic rings. The largest absolute Gasteiger partial charge is 0.493 e. The van der Waals surface area contributed by atoms with Crippen LogP contribution in [0, 0.1) is 6.92 Å². The standard InChI is InChI=1S/C24H23Br2NO5S/c1-15-9-11-17(12-10-15)33(29,30)27-23(22(26)24(28)16-7-5-4-6-8-16)18-13-20(31-2)21(32-3)14-19(18)25/h4-14,22-23,27H,1-3H3/t22-,23-/m0/s1. The van der Waals surface area contributed by atoms with Crippen LogP contribution in [0.3, 0.4) is 0 Å². The number of nitrogens with one attached hydrogen (secondary N) is 1. The van der Waals surface area contributed by atoms with Gasteiger partial charge in [0.1, 0.15) is 0 Å². The number of aryl methyl sites for hydroxylation is 1. The second-order valence-electron chi connectivity index (χ2n) is 7.27. The van der Waals surface area contributed by atoms with Gasteiger partial charge in [-0.15, -0.1) is 0 Å². The van der Waals surface area contributed by atoms with E-state index in [2.05, 4.69) is 36.6 Å². The van der Waals surface area contributed by atoms with Crippen LogP contribution in [-0.2, 0) is 10.0 Å². The SMILES string of the molecule is COc1cc(Br)c([C@H](NS(=O)(=O)c2ccc(C)cc2)[C@H](Br)C(=O)c2ccccc2)cc1OC. The van der Waals surface area contributed by atoms with Gasteiger partial charge in [-0.2, -0.15) is 0 Å². The van der Waals surface area contributed by atoms with Crippen molar-refractivity contribution in [1.29, 1.82) is 0 Å². The lowest BCUT2D eigenvalue weighted by Crippen LogP contribution is -2.37. The maximum atomic E-state index is 13.3. The van der Waals surface area contributed by atoms with Crippen molar-refractivity contribution in [3.8, 4) is 11.5 Å². The summed E-state index contributed by atoms with van der Waals surface area (Å²) in [6.07, 6.45) is 0. The van der Waals surface area contributed by atoms with E-state index in [-0.39, 0.29) is 10.7 Å². The molecule has 0 aliphatic carbocycles. The molecule has 0 aromatic heterocycles. The number of rotatable bonds is 9. The van der Waals surface area contributed by atoms with Crippen LogP contribution in [0.25, 0.3) is 0 Å². The Kier molecular flexibility index (Phi) is 8.33. The first kappa shape index (κ1) is 25.4. The Morgan fingerprint density at radius 2 is 1.52 bits per heavy atom. The molecule has 3 aromatic rings. The molecule has 0 heterocycles. The predicted octanol–water partition coefficient (Wildman–Crippen LogP) is 5.44. The Morgan fingerprint density at radius 1 is 0.939 bits per heavy atom. The van der Waals surface area contributed by atoms with Gasteiger partial charge in [0.2, 0.25) is 10.0 Å². The number of ketones is 1. The van der Waals surface area contributed by atoms with E-state index in [4.69, 9.17) is 9.47 Å². The van der Waals surface area contributed by atoms with Crippen molar-refractivity contribution in [2.24, 2.45) is 0 Å². The Hall–Kier alpha value is -2.20. The van der Waals surface area contributed by atoms with Crippen LogP contribution in [0.5, 0.6) is 11.5 Å². The second-order valence-corrected chi connectivity index (χ2v) is 10.8. The van der Waals surface area contributed by atoms with Crippen molar-refractivity contribution in [2.75, 3.05) is 14.2 Å². The highest BCUT2D eigenvalue weighted by Gasteiger charge is 2.34. The highest BCUT2D eigenvalue weighted by Crippen LogP contribution is 2.39. The number of carbonyl (C=O) groups excluding carboxylic acids is 1. The van der Waals surface area contributed by atoms with E-state index in [9.17, 15) is 13.2 Å². The van der Waals surface area contributed by atoms with Crippen LogP contribution >= 0.6 is 31.9 Å². The van der Waals surface area contributed by atoms with E-state index in [1.54, 1.807) is 48.5 Å². The van der Waals surface area contributed by atoms with Crippen LogP contribution < -0.4 is 14.2 Å². The highest BCUT2D eigenvalue weighted by molar-refractivity contribution is 9.10. The van der Waals surface area contributed by atoms with Crippen molar-refractivity contribution in [1.82, 2.24) is 4.72 Å². The average molecular weight is 597 g/mol. The first-order valence-corrected chi connectivity index (χ1v) is 13.1. The number of Topliss-reactive ketones (excluding diaryl/α,β-unsaturated/α-hetero) is 1. The van der Waals surface area contributed by atoms with Crippen LogP contribution in [0.2, 0.25) is 0 Å². The molecule has 0 bridgehead atoms. The number of hydrogen-bond acceptors (Lipinski definition) is 5. The minimum Gasteiger partial charge on any atom is -0.493 e. The van der Waals surface area contributed by atoms with Crippen molar-refractivity contribution < 1.29 is 22.7 Å². The summed E-state index contributed by atoms with van der Waals surface area (Å²) in [5.74, 6) is 0.602. The third kappa shape index (κ3) is 5.84. The van der Waals surface area contributed by atoms with Crippen molar-refractivity contribution >= 4 is 47.7 Å². The molecule has 0 fully saturated rings. The molecular formula is C24H23Br2NO5S. The van der Waals surface area contributed by atoms with E-state index in [0.717, 1.165) is 5.56 Å². The summed E-state index contributed by atoms with van der Waals surface area (Å²) in [6.45, 7) is 1.88. The molecule has 0 saturated carbocycles. The number of ether oxygens (including phenoxy) is 2. The third-order valence-electron chi connectivity index (χ3n) is 5.05. The number of sulfonamides is 1. The number of benzene rings is 3. The molecule has 9 heteroatoms. The summed E-state index contributed by atoms with van der Waals surface area (Å²) >= 11 is 6.96. The first-order chi connectivity index (χ1) is 15.7. The summed E-state index contributed by atoms with van der Waals surface area (Å²) in [7, 11) is -0.967. The molecule has 0 unspecified atom stereocenters. The van der Waals surface area contributed by atoms with E-state index in [0.29, 0.717) is 27.1 Å². The topological polar surface area (TPSA) is 81.7 Å². The molecule has 174 valence electrons. The molecule has 0 radical (unpaired) electrons. The van der Waals surface area contributed by atoms with Gasteiger partial charge in [0, 0.05) is 10.0 Å². The lowest BCUT2D eigenvalue weighted by molar-refractivity contribution is 0.0981. The Bertz CT molecular complexity index is 1230. The maximum Gasteiger partial charge on any atom is 0.241 e. The Balaban J connectivity index is 2.10. The zero-order valence-corrected chi connectivity index (χ0v) is 22.2. The molecule has 3 rings (SSSR count). The fourth-order valence-electron chi connectivity index (χ4n) is 3.25. The number of alkyl halides is 1. The minimum absolute atomic E-state index is 0.0987. The van der Waals surface area contributed by atoms with Crippen LogP contribution in [0.4, 0.5) is 0 Å². The van der Waals surface area contributed by atoms with Crippen LogP contribution in [0.15, 0.2) is 76.1 Å². The van der Waals surface area contributed by atoms with Crippen molar-refractivity contribution in [3.05, 3.63) is 87.9 Å². The third-order valence-corrected chi connectivity index (χ3v) is 8.14. The normalized spacial score (nSPS) is 13.2. The van der Waals surface area contributed by atoms with Crippen molar-refractivity contribution in [2.45, 2.75) is 22.7 Å². The predicted molar refractivity (Wildman–Crippen MR) is 135 cm³/mol. The number of halogens is 2. The number of carbonyl (C=O) groups is 1. The zero-order chi connectivity index (χ0) is 24.2. The number of hydrogen-bond donors (Lipinski definition) is 1. The molecule has 3 aromatic carbocycles. The van der Waals surface area contributed by atoms with E-state index >= 15 is 0 Å². The van der Waals surface area contributed by atoms with Gasteiger partial charge < -0.3 is 9.47 Å². The zero-order valence-electron chi connectivity index (χ0n) is 18.2. The van der Waals surface area contributed by atoms with Crippen molar-refractivity contribution in [3.63, 3.8) is 0 Å². The fourth-order valence-corrected chi connectivity index (χ4v) is 5.91. The minimum atomic E-state index is -3.96. The van der Waals surface area contributed by atoms with E-state index < -0.39 is 20.9 Å². The van der Waals surface area contributed by atoms with Gasteiger partial charge in [-0.25, -0.2) is 13.1 Å². The molecule has 1 N–H and O–H groups in total. The second kappa shape index (κ2) is 10.8. The summed E-state index contributed by atoms with van der Waals surface area (Å²) < 4.78 is 40.5. The molecule has 6 nitrogen and oxygen atoms in total. The van der Waals surface area contributed by atoms with Crippen LogP contribution in [-0.4, -0.2) is 33.2 Å². The molecule has 0 amide bonds. The smallest absolute Gasteiger partial charge is 0.241 e. The average Bonchev–Trinajstić information content (AvgIpc) is 2.82. The maximum absolute atomic E-state index is 13.3. The monoisotopic (exact) mass is 595 g/mol. The Morgan fingerprint density at radius 3 is 2.09 bits per heavy atom. The summed E-state index contributed by atoms with van der Waals surface area (Å²) in [4.78, 5) is 12.5. The lowest BCUT2D eigenvalue weighted by atomic mass is 9.98. The Labute approximate surface area is 210 Å². The van der Waals surface area contributed by atoms with Gasteiger partial charge >= 0.3 is 0 Å². The molecule has 0 spiro atoms. The first-order valence-electron chi connectivity index (χ1n) is 9.91. The van der Waals surface area contributed by atoms with Gasteiger partial charge in [0.05, 0.1) is 30.0 Å². The van der Waals surface area contributed by atoms with Gasteiger partial charge in [0.15, 0.2) is 17.3 Å². The van der Waals surface area contributed by atoms with Gasteiger partial charge in [-0.05, 0) is 36.8 Å². The lowest BCUT2D eigenvalue weighted by Gasteiger charge is -2.25. The summed E-state index contributed by atoms with van der Waals surface area (Å²) in [5, 5.41) is 0. The van der Waals surface area contributed by atoms with Gasteiger partial charge in [0.25, 0.3) is 0 Å². The quantitative estimate of drug-likeness (QED) is 0.263. The van der Waals surface area contributed by atoms with E-state index in [1.165, 1.54) is 26.4 Å². The summed E-state index contributed by atoms with van der Waals surface area (Å²) in [6, 6.07) is 17.5. The number of methoxy groups -OCH3 is 2. The van der Waals surface area contributed by atoms with Gasteiger partial charge in [-0.3, -0.25) is 4.79 Å². The van der Waals surface area contributed by atoms with Gasteiger partial charge in [-0.1, -0.05) is 79.9 Å².